The molecule has 1 fully saturated rings. The maximum Gasteiger partial charge on any atom is 0.335 e. The van der Waals surface area contributed by atoms with Crippen LogP contribution in [-0.2, 0) is 13.0 Å². The lowest BCUT2D eigenvalue weighted by Gasteiger charge is -2.13. The van der Waals surface area contributed by atoms with Gasteiger partial charge in [0.15, 0.2) is 0 Å². The third-order valence-corrected chi connectivity index (χ3v) is 4.86. The van der Waals surface area contributed by atoms with Crippen molar-refractivity contribution in [1.82, 2.24) is 9.47 Å². The van der Waals surface area contributed by atoms with E-state index in [9.17, 15) is 9.90 Å². The van der Waals surface area contributed by atoms with Crippen molar-refractivity contribution in [3.63, 3.8) is 0 Å². The molecule has 124 valence electrons. The molecule has 0 radical (unpaired) electrons. The van der Waals surface area contributed by atoms with E-state index in [-0.39, 0.29) is 0 Å². The Morgan fingerprint density at radius 1 is 1.22 bits per heavy atom. The van der Waals surface area contributed by atoms with Crippen LogP contribution in [0.3, 0.4) is 0 Å². The number of carboxylic acid groups (broad SMARTS) is 1. The van der Waals surface area contributed by atoms with Gasteiger partial charge in [-0.15, -0.1) is 0 Å². The van der Waals surface area contributed by atoms with Gasteiger partial charge in [-0.3, -0.25) is 0 Å². The second kappa shape index (κ2) is 7.18. The number of aromatic carboxylic acids is 1. The number of carbonyl (C=O) groups is 1. The van der Waals surface area contributed by atoms with Gasteiger partial charge < -0.3 is 14.6 Å². The second-order valence-corrected chi connectivity index (χ2v) is 6.54. The molecule has 1 aliphatic heterocycles. The number of carboxylic acids is 1. The first-order chi connectivity index (χ1) is 11.2. The first-order valence-electron chi connectivity index (χ1n) is 8.76. The van der Waals surface area contributed by atoms with Crippen LogP contribution in [0.25, 0.3) is 10.9 Å². The number of rotatable bonds is 7. The summed E-state index contributed by atoms with van der Waals surface area (Å²) in [5.74, 6) is -0.853. The fourth-order valence-electron chi connectivity index (χ4n) is 3.50. The summed E-state index contributed by atoms with van der Waals surface area (Å²) in [6.07, 6.45) is 8.18. The fourth-order valence-corrected chi connectivity index (χ4v) is 3.50. The highest BCUT2D eigenvalue weighted by molar-refractivity contribution is 5.94. The fraction of sp³-hybridized carbons (Fsp3) is 0.526. The molecule has 4 heteroatoms. The van der Waals surface area contributed by atoms with Gasteiger partial charge in [0.2, 0.25) is 0 Å². The molecule has 1 aliphatic rings. The van der Waals surface area contributed by atoms with E-state index in [2.05, 4.69) is 22.6 Å². The molecule has 0 spiro atoms. The number of unbranched alkanes of at least 4 members (excludes halogenated alkanes) is 1. The van der Waals surface area contributed by atoms with Crippen molar-refractivity contribution < 1.29 is 9.90 Å². The Hall–Kier alpha value is -1.81. The average Bonchev–Trinajstić information content (AvgIpc) is 3.18. The molecular weight excluding hydrogens is 288 g/mol. The number of aryl methyl sites for hydroxylation is 1. The van der Waals surface area contributed by atoms with E-state index in [0.29, 0.717) is 5.56 Å². The lowest BCUT2D eigenvalue weighted by molar-refractivity contribution is 0.0697. The van der Waals surface area contributed by atoms with Crippen molar-refractivity contribution >= 4 is 16.9 Å². The number of nitrogens with zero attached hydrogens (tertiary/aromatic N) is 2. The predicted molar refractivity (Wildman–Crippen MR) is 93.2 cm³/mol. The Bertz CT molecular complexity index is 684. The molecule has 0 amide bonds. The van der Waals surface area contributed by atoms with Crippen LogP contribution in [0.4, 0.5) is 0 Å². The number of hydrogen-bond donors (Lipinski definition) is 1. The summed E-state index contributed by atoms with van der Waals surface area (Å²) in [6, 6.07) is 5.54. The van der Waals surface area contributed by atoms with Gasteiger partial charge in [-0.25, -0.2) is 4.79 Å². The normalized spacial score (nSPS) is 15.5. The van der Waals surface area contributed by atoms with Gasteiger partial charge in [0.25, 0.3) is 0 Å². The molecule has 0 unspecified atom stereocenters. The molecule has 0 saturated carbocycles. The molecule has 1 N–H and O–H groups in total. The van der Waals surface area contributed by atoms with Gasteiger partial charge in [-0.2, -0.15) is 0 Å². The molecule has 0 aliphatic carbocycles. The van der Waals surface area contributed by atoms with Gasteiger partial charge in [0.1, 0.15) is 0 Å². The van der Waals surface area contributed by atoms with Crippen LogP contribution in [0.1, 0.15) is 48.5 Å². The molecule has 0 atom stereocenters. The summed E-state index contributed by atoms with van der Waals surface area (Å²) in [6.45, 7) is 6.69. The maximum absolute atomic E-state index is 11.3. The lowest BCUT2D eigenvalue weighted by atomic mass is 10.1. The van der Waals surface area contributed by atoms with E-state index in [0.717, 1.165) is 37.9 Å². The zero-order chi connectivity index (χ0) is 16.2. The number of fused-ring (bicyclic) bond motifs is 1. The highest BCUT2D eigenvalue weighted by Gasteiger charge is 2.15. The largest absolute Gasteiger partial charge is 0.478 e. The molecule has 1 aromatic carbocycles. The molecule has 3 rings (SSSR count). The molecule has 2 heterocycles. The van der Waals surface area contributed by atoms with Gasteiger partial charge >= 0.3 is 5.97 Å². The second-order valence-electron chi connectivity index (χ2n) is 6.54. The van der Waals surface area contributed by atoms with Gasteiger partial charge in [0, 0.05) is 30.2 Å². The Labute approximate surface area is 137 Å². The predicted octanol–water partition coefficient (Wildman–Crippen LogP) is 3.78. The molecule has 2 aromatic rings. The summed E-state index contributed by atoms with van der Waals surface area (Å²) >= 11 is 0. The standard InChI is InChI=1S/C19H26N2O2/c1-2-3-11-21-14-16(8-12-20-9-4-5-10-20)17-7-6-15(19(22)23)13-18(17)21/h6-7,13-14H,2-5,8-12H2,1H3,(H,22,23). The number of hydrogen-bond acceptors (Lipinski definition) is 2. The van der Waals surface area contributed by atoms with Crippen molar-refractivity contribution in [3.05, 3.63) is 35.5 Å². The van der Waals surface area contributed by atoms with E-state index in [1.165, 1.54) is 36.9 Å². The summed E-state index contributed by atoms with van der Waals surface area (Å²) in [4.78, 5) is 13.8. The van der Waals surface area contributed by atoms with Crippen molar-refractivity contribution in [1.29, 1.82) is 0 Å². The Morgan fingerprint density at radius 3 is 2.70 bits per heavy atom. The van der Waals surface area contributed by atoms with Crippen LogP contribution in [0.15, 0.2) is 24.4 Å². The number of likely N-dealkylation sites (tertiary alicyclic amines) is 1. The van der Waals surface area contributed by atoms with E-state index in [4.69, 9.17) is 0 Å². The summed E-state index contributed by atoms with van der Waals surface area (Å²) in [7, 11) is 0. The first kappa shape index (κ1) is 16.1. The molecule has 4 nitrogen and oxygen atoms in total. The van der Waals surface area contributed by atoms with Gasteiger partial charge in [-0.05, 0) is 56.5 Å². The topological polar surface area (TPSA) is 45.5 Å². The van der Waals surface area contributed by atoms with Gasteiger partial charge in [0.05, 0.1) is 5.56 Å². The van der Waals surface area contributed by atoms with Crippen LogP contribution in [0.5, 0.6) is 0 Å². The molecule has 1 aromatic heterocycles. The van der Waals surface area contributed by atoms with Crippen molar-refractivity contribution in [2.75, 3.05) is 19.6 Å². The van der Waals surface area contributed by atoms with Gasteiger partial charge in [-0.1, -0.05) is 19.4 Å². The van der Waals surface area contributed by atoms with Crippen LogP contribution in [-0.4, -0.2) is 40.2 Å². The Kier molecular flexibility index (Phi) is 5.01. The van der Waals surface area contributed by atoms with Crippen molar-refractivity contribution in [2.24, 2.45) is 0 Å². The summed E-state index contributed by atoms with van der Waals surface area (Å²) < 4.78 is 2.24. The molecule has 1 saturated heterocycles. The highest BCUT2D eigenvalue weighted by Crippen LogP contribution is 2.25. The highest BCUT2D eigenvalue weighted by atomic mass is 16.4. The monoisotopic (exact) mass is 314 g/mol. The van der Waals surface area contributed by atoms with E-state index in [1.807, 2.05) is 12.1 Å². The molecule has 0 bridgehead atoms. The van der Waals surface area contributed by atoms with Crippen LogP contribution in [0.2, 0.25) is 0 Å². The Morgan fingerprint density at radius 2 is 2.00 bits per heavy atom. The summed E-state index contributed by atoms with van der Waals surface area (Å²) in [5, 5.41) is 10.5. The maximum atomic E-state index is 11.3. The van der Waals surface area contributed by atoms with E-state index in [1.54, 1.807) is 6.07 Å². The zero-order valence-corrected chi connectivity index (χ0v) is 13.9. The van der Waals surface area contributed by atoms with Crippen molar-refractivity contribution in [3.8, 4) is 0 Å². The van der Waals surface area contributed by atoms with Crippen molar-refractivity contribution in [2.45, 2.75) is 45.6 Å². The molecular formula is C19H26N2O2. The van der Waals surface area contributed by atoms with Crippen LogP contribution in [0, 0.1) is 0 Å². The Balaban J connectivity index is 1.88. The van der Waals surface area contributed by atoms with E-state index >= 15 is 0 Å². The average molecular weight is 314 g/mol. The zero-order valence-electron chi connectivity index (χ0n) is 13.9. The smallest absolute Gasteiger partial charge is 0.335 e. The first-order valence-corrected chi connectivity index (χ1v) is 8.76. The number of aromatic nitrogens is 1. The SMILES string of the molecule is CCCCn1cc(CCN2CCCC2)c2ccc(C(=O)O)cc21. The minimum absolute atomic E-state index is 0.374. The minimum atomic E-state index is -0.853. The molecule has 23 heavy (non-hydrogen) atoms. The quantitative estimate of drug-likeness (QED) is 0.846. The van der Waals surface area contributed by atoms with E-state index < -0.39 is 5.97 Å². The minimum Gasteiger partial charge on any atom is -0.478 e. The third kappa shape index (κ3) is 3.58. The third-order valence-electron chi connectivity index (χ3n) is 4.86. The summed E-state index contributed by atoms with van der Waals surface area (Å²) in [5.41, 5.74) is 2.79. The van der Waals surface area contributed by atoms with Crippen LogP contribution >= 0.6 is 0 Å². The lowest BCUT2D eigenvalue weighted by Crippen LogP contribution is -2.21. The van der Waals surface area contributed by atoms with Crippen LogP contribution < -0.4 is 0 Å². The number of benzene rings is 1.